The number of hydroxylamine groups is 1. The second-order valence-electron chi connectivity index (χ2n) is 6.85. The lowest BCUT2D eigenvalue weighted by atomic mass is 9.98. The molecular weight excluding hydrogens is 457 g/mol. The Hall–Kier alpha value is -2.99. The molecule has 1 aromatic rings. The molecule has 0 radical (unpaired) electrons. The van der Waals surface area contributed by atoms with Gasteiger partial charge in [-0.3, -0.25) is 15.0 Å². The van der Waals surface area contributed by atoms with Crippen LogP contribution in [0, 0.1) is 6.92 Å². The lowest BCUT2D eigenvalue weighted by molar-refractivity contribution is -0.185. The average molecular weight is 479 g/mol. The third kappa shape index (κ3) is 6.26. The SMILES string of the molecule is COC(=O)[C@H](CCCN=C(N)NO)NC(=O)C1=Cc2cc(Cl)cc(C)c2O[C@@H]1C(F)(F)F. The minimum Gasteiger partial charge on any atom is -0.475 e. The van der Waals surface area contributed by atoms with Crippen molar-refractivity contribution in [1.82, 2.24) is 10.8 Å². The molecule has 0 bridgehead atoms. The van der Waals surface area contributed by atoms with Crippen molar-refractivity contribution in [2.45, 2.75) is 38.1 Å². The Bertz CT molecular complexity index is 936. The van der Waals surface area contributed by atoms with Crippen LogP contribution in [0.3, 0.4) is 0 Å². The fraction of sp³-hybridized carbons (Fsp3) is 0.421. The number of rotatable bonds is 7. The minimum absolute atomic E-state index is 0.00698. The van der Waals surface area contributed by atoms with Crippen LogP contribution in [-0.2, 0) is 14.3 Å². The normalized spacial score (nSPS) is 16.9. The quantitative estimate of drug-likeness (QED) is 0.155. The second-order valence-corrected chi connectivity index (χ2v) is 7.29. The van der Waals surface area contributed by atoms with Gasteiger partial charge in [0.1, 0.15) is 11.8 Å². The molecule has 2 atom stereocenters. The van der Waals surface area contributed by atoms with Crippen molar-refractivity contribution < 1.29 is 37.4 Å². The van der Waals surface area contributed by atoms with E-state index in [1.165, 1.54) is 19.1 Å². The molecule has 5 N–H and O–H groups in total. The number of amides is 1. The smallest absolute Gasteiger partial charge is 0.429 e. The molecular formula is C19H22ClF3N4O5. The highest BCUT2D eigenvalue weighted by atomic mass is 35.5. The summed E-state index contributed by atoms with van der Waals surface area (Å²) in [6, 6.07) is 1.57. The molecule has 1 heterocycles. The van der Waals surface area contributed by atoms with E-state index in [4.69, 9.17) is 27.3 Å². The fourth-order valence-electron chi connectivity index (χ4n) is 3.04. The number of esters is 1. The van der Waals surface area contributed by atoms with Gasteiger partial charge in [-0.15, -0.1) is 0 Å². The molecule has 0 saturated heterocycles. The Morgan fingerprint density at radius 3 is 2.69 bits per heavy atom. The van der Waals surface area contributed by atoms with Crippen molar-refractivity contribution >= 4 is 35.5 Å². The van der Waals surface area contributed by atoms with Gasteiger partial charge in [-0.05, 0) is 43.5 Å². The molecule has 2 rings (SSSR count). The summed E-state index contributed by atoms with van der Waals surface area (Å²) < 4.78 is 50.7. The van der Waals surface area contributed by atoms with Crippen molar-refractivity contribution in [2.75, 3.05) is 13.7 Å². The molecule has 1 amide bonds. The van der Waals surface area contributed by atoms with Crippen LogP contribution in [0.5, 0.6) is 5.75 Å². The zero-order valence-electron chi connectivity index (χ0n) is 17.1. The van der Waals surface area contributed by atoms with E-state index in [1.54, 1.807) is 5.48 Å². The highest BCUT2D eigenvalue weighted by Crippen LogP contribution is 2.40. The van der Waals surface area contributed by atoms with E-state index in [1.807, 2.05) is 0 Å². The molecule has 1 aromatic carbocycles. The summed E-state index contributed by atoms with van der Waals surface area (Å²) >= 11 is 5.98. The highest BCUT2D eigenvalue weighted by molar-refractivity contribution is 6.30. The summed E-state index contributed by atoms with van der Waals surface area (Å²) in [6.07, 6.45) is -6.19. The van der Waals surface area contributed by atoms with Crippen LogP contribution in [0.1, 0.15) is 24.0 Å². The first kappa shape index (κ1) is 25.3. The average Bonchev–Trinajstić information content (AvgIpc) is 2.73. The lowest BCUT2D eigenvalue weighted by Gasteiger charge is -2.30. The van der Waals surface area contributed by atoms with E-state index in [-0.39, 0.29) is 41.7 Å². The molecule has 0 aromatic heterocycles. The summed E-state index contributed by atoms with van der Waals surface area (Å²) in [6.45, 7) is 1.61. The number of ether oxygens (including phenoxy) is 2. The molecule has 176 valence electrons. The predicted molar refractivity (Wildman–Crippen MR) is 109 cm³/mol. The first-order chi connectivity index (χ1) is 15.0. The first-order valence-electron chi connectivity index (χ1n) is 9.31. The Morgan fingerprint density at radius 1 is 1.41 bits per heavy atom. The zero-order chi connectivity index (χ0) is 24.1. The van der Waals surface area contributed by atoms with Gasteiger partial charge in [-0.2, -0.15) is 13.2 Å². The molecule has 0 saturated carbocycles. The lowest BCUT2D eigenvalue weighted by Crippen LogP contribution is -2.48. The van der Waals surface area contributed by atoms with Crippen LogP contribution in [0.25, 0.3) is 6.08 Å². The number of carbonyl (C=O) groups is 2. The number of nitrogens with one attached hydrogen (secondary N) is 2. The standard InChI is InChI=1S/C19H22ClF3N4O5/c1-9-6-11(20)7-10-8-12(15(19(21,22)23)32-14(9)10)16(28)26-13(17(29)31-2)4-3-5-25-18(24)27-30/h6-8,13,15,30H,3-5H2,1-2H3,(H,26,28)(H3,24,25,27)/t13-,15-/m0/s1. The zero-order valence-corrected chi connectivity index (χ0v) is 17.9. The van der Waals surface area contributed by atoms with Crippen molar-refractivity contribution in [1.29, 1.82) is 0 Å². The van der Waals surface area contributed by atoms with Gasteiger partial charge >= 0.3 is 12.1 Å². The van der Waals surface area contributed by atoms with E-state index in [9.17, 15) is 22.8 Å². The van der Waals surface area contributed by atoms with E-state index >= 15 is 0 Å². The fourth-order valence-corrected chi connectivity index (χ4v) is 3.32. The number of hydrogen-bond acceptors (Lipinski definition) is 6. The van der Waals surface area contributed by atoms with Crippen molar-refractivity contribution in [3.63, 3.8) is 0 Å². The molecule has 0 fully saturated rings. The number of aryl methyl sites for hydroxylation is 1. The van der Waals surface area contributed by atoms with Gasteiger partial charge in [0.25, 0.3) is 5.91 Å². The van der Waals surface area contributed by atoms with Gasteiger partial charge < -0.3 is 20.5 Å². The number of methoxy groups -OCH3 is 1. The Morgan fingerprint density at radius 2 is 2.09 bits per heavy atom. The van der Waals surface area contributed by atoms with Crippen LogP contribution in [0.15, 0.2) is 22.7 Å². The molecule has 13 heteroatoms. The third-order valence-electron chi connectivity index (χ3n) is 4.50. The highest BCUT2D eigenvalue weighted by Gasteiger charge is 2.49. The number of nitrogens with zero attached hydrogens (tertiary/aromatic N) is 1. The number of fused-ring (bicyclic) bond motifs is 1. The van der Waals surface area contributed by atoms with E-state index in [0.29, 0.717) is 5.56 Å². The largest absolute Gasteiger partial charge is 0.475 e. The van der Waals surface area contributed by atoms with Crippen molar-refractivity contribution in [2.24, 2.45) is 10.7 Å². The molecule has 1 aliphatic rings. The molecule has 1 aliphatic heterocycles. The summed E-state index contributed by atoms with van der Waals surface area (Å²) in [5.41, 5.74) is 6.74. The number of nitrogens with two attached hydrogens (primary N) is 1. The summed E-state index contributed by atoms with van der Waals surface area (Å²) in [5.74, 6) is -2.29. The van der Waals surface area contributed by atoms with Gasteiger partial charge in [0, 0.05) is 17.1 Å². The Balaban J connectivity index is 2.29. The number of halogens is 4. The van der Waals surface area contributed by atoms with Gasteiger partial charge in [0.05, 0.1) is 12.7 Å². The van der Waals surface area contributed by atoms with Crippen LogP contribution in [0.4, 0.5) is 13.2 Å². The molecule has 0 spiro atoms. The predicted octanol–water partition coefficient (Wildman–Crippen LogP) is 2.09. The Kier molecular flexibility index (Phi) is 8.33. The number of hydrogen-bond donors (Lipinski definition) is 4. The van der Waals surface area contributed by atoms with Crippen LogP contribution < -0.4 is 21.3 Å². The van der Waals surface area contributed by atoms with Gasteiger partial charge in [-0.25, -0.2) is 10.3 Å². The van der Waals surface area contributed by atoms with Gasteiger partial charge in [0.15, 0.2) is 0 Å². The molecule has 9 nitrogen and oxygen atoms in total. The Labute approximate surface area is 186 Å². The van der Waals surface area contributed by atoms with Crippen LogP contribution in [-0.4, -0.2) is 55.0 Å². The number of alkyl halides is 3. The number of aliphatic imine (C=N–C) groups is 1. The maximum absolute atomic E-state index is 13.7. The summed E-state index contributed by atoms with van der Waals surface area (Å²) in [4.78, 5) is 28.5. The molecule has 0 aliphatic carbocycles. The van der Waals surface area contributed by atoms with Gasteiger partial charge in [0.2, 0.25) is 12.1 Å². The maximum atomic E-state index is 13.7. The topological polar surface area (TPSA) is 135 Å². The van der Waals surface area contributed by atoms with Crippen LogP contribution >= 0.6 is 11.6 Å². The molecule has 32 heavy (non-hydrogen) atoms. The number of benzene rings is 1. The third-order valence-corrected chi connectivity index (χ3v) is 4.71. The van der Waals surface area contributed by atoms with Crippen molar-refractivity contribution in [3.8, 4) is 5.75 Å². The minimum atomic E-state index is -4.89. The van der Waals surface area contributed by atoms with Crippen molar-refractivity contribution in [3.05, 3.63) is 33.9 Å². The summed E-state index contributed by atoms with van der Waals surface area (Å²) in [5, 5.41) is 11.1. The van der Waals surface area contributed by atoms with E-state index in [0.717, 1.165) is 13.2 Å². The van der Waals surface area contributed by atoms with E-state index in [2.05, 4.69) is 15.0 Å². The second kappa shape index (κ2) is 10.6. The molecule has 0 unspecified atom stereocenters. The number of guanidine groups is 1. The van der Waals surface area contributed by atoms with Crippen LogP contribution in [0.2, 0.25) is 5.02 Å². The van der Waals surface area contributed by atoms with E-state index < -0.39 is 35.8 Å². The van der Waals surface area contributed by atoms with Gasteiger partial charge in [-0.1, -0.05) is 11.6 Å². The number of carbonyl (C=O) groups excluding carboxylic acids is 2. The maximum Gasteiger partial charge on any atom is 0.429 e. The monoisotopic (exact) mass is 478 g/mol. The summed E-state index contributed by atoms with van der Waals surface area (Å²) in [7, 11) is 1.08. The first-order valence-corrected chi connectivity index (χ1v) is 9.69.